The Morgan fingerprint density at radius 2 is 0.692 bits per heavy atom. The van der Waals surface area contributed by atoms with Crippen molar-refractivity contribution in [3.05, 3.63) is 251 Å². The Morgan fingerprint density at radius 3 is 0.985 bits per heavy atom. The van der Waals surface area contributed by atoms with E-state index >= 15 is 0 Å². The summed E-state index contributed by atoms with van der Waals surface area (Å²) in [5, 5.41) is 11.0. The Balaban J connectivity index is 0.000000164. The van der Waals surface area contributed by atoms with Crippen molar-refractivity contribution in [1.82, 2.24) is 9.97 Å². The van der Waals surface area contributed by atoms with Crippen molar-refractivity contribution in [2.24, 2.45) is 0 Å². The molecule has 2 aromatic heterocycles. The molecule has 0 saturated carbocycles. The van der Waals surface area contributed by atoms with Crippen LogP contribution in [0.3, 0.4) is 0 Å². The molecule has 0 fully saturated rings. The Bertz CT molecular complexity index is 2820. The smallest absolute Gasteiger partial charge is 0.427 e. The SMILES string of the molecule is Cc1cc(C)c(-c2cccc3sc([N-]c4ccccc4)nc23)c(C)c1.Cc1cc(C)c(-c2cccc3sc([N-]c4ccccc4)nc23)c(C)c1.[CH2-]c1ccccc1.[CH2-]c1ccccc1.[Zr+2]. The summed E-state index contributed by atoms with van der Waals surface area (Å²) in [5.41, 5.74) is 18.8. The molecule has 10 aromatic rings. The van der Waals surface area contributed by atoms with Gasteiger partial charge in [-0.3, -0.25) is 0 Å². The van der Waals surface area contributed by atoms with Gasteiger partial charge in [0.25, 0.3) is 0 Å². The second-order valence-electron chi connectivity index (χ2n) is 15.7. The standard InChI is InChI=1S/2C22H19N2S.2C7H7.Zr/c2*1-14-12-15(2)20(16(3)13-14)18-10-7-11-19-21(18)24-22(25-19)23-17-8-5-4-6-9-17;2*1-7-5-3-2-4-6-7;/h2*4-13H,1-3H3;2*2-6H,1H2;/q4*-1;+2. The van der Waals surface area contributed by atoms with Crippen LogP contribution in [-0.4, -0.2) is 9.97 Å². The van der Waals surface area contributed by atoms with Gasteiger partial charge in [-0.2, -0.15) is 49.2 Å². The van der Waals surface area contributed by atoms with Gasteiger partial charge in [-0.25, -0.2) is 0 Å². The van der Waals surface area contributed by atoms with E-state index in [9.17, 15) is 0 Å². The molecule has 0 saturated heterocycles. The molecular weight excluding hydrogens is 908 g/mol. The third-order valence-corrected chi connectivity index (χ3v) is 12.2. The number of thiazole rings is 2. The second-order valence-corrected chi connectivity index (χ2v) is 17.7. The first-order valence-electron chi connectivity index (χ1n) is 21.3. The number of para-hydroxylation sites is 4. The van der Waals surface area contributed by atoms with Crippen LogP contribution in [0.15, 0.2) is 182 Å². The molecule has 322 valence electrons. The zero-order valence-electron chi connectivity index (χ0n) is 37.8. The van der Waals surface area contributed by atoms with Crippen LogP contribution in [0.5, 0.6) is 0 Å². The Kier molecular flexibility index (Phi) is 17.1. The molecule has 0 aliphatic carbocycles. The van der Waals surface area contributed by atoms with Crippen molar-refractivity contribution in [2.75, 3.05) is 0 Å². The Labute approximate surface area is 412 Å². The normalized spacial score (nSPS) is 10.3. The van der Waals surface area contributed by atoms with Gasteiger partial charge in [-0.1, -0.05) is 132 Å². The van der Waals surface area contributed by atoms with Gasteiger partial charge in [-0.05, 0) is 131 Å². The van der Waals surface area contributed by atoms with Crippen LogP contribution in [0, 0.1) is 55.4 Å². The van der Waals surface area contributed by atoms with E-state index in [4.69, 9.17) is 9.97 Å². The summed E-state index contributed by atoms with van der Waals surface area (Å²) in [4.78, 5) is 9.68. The fourth-order valence-electron chi connectivity index (χ4n) is 7.76. The number of benzene rings is 8. The van der Waals surface area contributed by atoms with Crippen LogP contribution >= 0.6 is 22.7 Å². The average molecular weight is 960 g/mol. The van der Waals surface area contributed by atoms with Gasteiger partial charge < -0.3 is 20.6 Å². The Morgan fingerprint density at radius 1 is 0.385 bits per heavy atom. The topological polar surface area (TPSA) is 54.0 Å². The van der Waals surface area contributed by atoms with E-state index in [1.807, 2.05) is 121 Å². The summed E-state index contributed by atoms with van der Waals surface area (Å²) in [7, 11) is 0. The summed E-state index contributed by atoms with van der Waals surface area (Å²) < 4.78 is 2.35. The van der Waals surface area contributed by atoms with Crippen molar-refractivity contribution < 1.29 is 26.2 Å². The first-order chi connectivity index (χ1) is 31.0. The van der Waals surface area contributed by atoms with Crippen LogP contribution in [0.2, 0.25) is 0 Å². The van der Waals surface area contributed by atoms with Crippen LogP contribution in [-0.2, 0) is 26.2 Å². The van der Waals surface area contributed by atoms with E-state index in [0.29, 0.717) is 0 Å². The third kappa shape index (κ3) is 13.0. The van der Waals surface area contributed by atoms with Gasteiger partial charge in [-0.15, -0.1) is 46.9 Å². The summed E-state index contributed by atoms with van der Waals surface area (Å²) >= 11 is 3.28. The maximum atomic E-state index is 4.84. The second kappa shape index (κ2) is 23.1. The molecule has 0 unspecified atom stereocenters. The van der Waals surface area contributed by atoms with Gasteiger partial charge in [0.1, 0.15) is 0 Å². The predicted octanol–water partition coefficient (Wildman–Crippen LogP) is 18.2. The average Bonchev–Trinajstić information content (AvgIpc) is 3.89. The number of hydrogen-bond donors (Lipinski definition) is 0. The minimum absolute atomic E-state index is 0. The van der Waals surface area contributed by atoms with E-state index in [-0.39, 0.29) is 26.2 Å². The zero-order valence-corrected chi connectivity index (χ0v) is 41.9. The number of aryl methyl sites for hydroxylation is 6. The molecule has 10 rings (SSSR count). The van der Waals surface area contributed by atoms with Gasteiger partial charge in [0.2, 0.25) is 0 Å². The van der Waals surface area contributed by atoms with Gasteiger partial charge in [0.15, 0.2) is 0 Å². The molecule has 0 atom stereocenters. The van der Waals surface area contributed by atoms with Crippen LogP contribution < -0.4 is 0 Å². The quantitative estimate of drug-likeness (QED) is 0.156. The molecular formula is C58H52N4S2Zr-2. The molecule has 4 nitrogen and oxygen atoms in total. The number of fused-ring (bicyclic) bond motifs is 2. The van der Waals surface area contributed by atoms with E-state index in [0.717, 1.165) is 43.8 Å². The molecule has 0 aliphatic rings. The van der Waals surface area contributed by atoms with E-state index in [1.54, 1.807) is 22.7 Å². The summed E-state index contributed by atoms with van der Waals surface area (Å²) in [6.45, 7) is 20.4. The fourth-order valence-corrected chi connectivity index (χ4v) is 9.53. The monoisotopic (exact) mass is 958 g/mol. The van der Waals surface area contributed by atoms with Crippen molar-refractivity contribution in [3.8, 4) is 22.3 Å². The van der Waals surface area contributed by atoms with Crippen LogP contribution in [0.4, 0.5) is 21.6 Å². The molecule has 0 bridgehead atoms. The molecule has 0 amide bonds. The summed E-state index contributed by atoms with van der Waals surface area (Å²) in [5.74, 6) is 0. The number of aromatic nitrogens is 2. The molecule has 65 heavy (non-hydrogen) atoms. The maximum absolute atomic E-state index is 4.84. The molecule has 0 aliphatic heterocycles. The van der Waals surface area contributed by atoms with E-state index in [2.05, 4.69) is 127 Å². The minimum atomic E-state index is 0. The Hall–Kier alpha value is -6.24. The number of hydrogen-bond acceptors (Lipinski definition) is 4. The number of nitrogens with zero attached hydrogens (tertiary/aromatic N) is 4. The van der Waals surface area contributed by atoms with E-state index < -0.39 is 0 Å². The van der Waals surface area contributed by atoms with Crippen molar-refractivity contribution >= 4 is 64.7 Å². The third-order valence-electron chi connectivity index (χ3n) is 10.4. The maximum Gasteiger partial charge on any atom is 2.00 e. The van der Waals surface area contributed by atoms with Gasteiger partial charge >= 0.3 is 26.2 Å². The minimum Gasteiger partial charge on any atom is -0.427 e. The van der Waals surface area contributed by atoms with E-state index in [1.165, 1.54) is 65.0 Å². The molecule has 0 spiro atoms. The fraction of sp³-hybridized carbons (Fsp3) is 0.103. The van der Waals surface area contributed by atoms with Crippen molar-refractivity contribution in [3.63, 3.8) is 0 Å². The summed E-state index contributed by atoms with van der Waals surface area (Å²) in [6.07, 6.45) is 0. The molecule has 0 radical (unpaired) electrons. The molecule has 0 N–H and O–H groups in total. The van der Waals surface area contributed by atoms with Crippen LogP contribution in [0.1, 0.15) is 44.5 Å². The van der Waals surface area contributed by atoms with Crippen molar-refractivity contribution in [1.29, 1.82) is 0 Å². The first-order valence-corrected chi connectivity index (χ1v) is 22.9. The predicted molar refractivity (Wildman–Crippen MR) is 279 cm³/mol. The van der Waals surface area contributed by atoms with Gasteiger partial charge in [0.05, 0.1) is 0 Å². The largest absolute Gasteiger partial charge is 2.00 e. The molecule has 8 aromatic carbocycles. The summed E-state index contributed by atoms with van der Waals surface area (Å²) in [6, 6.07) is 61.5. The van der Waals surface area contributed by atoms with Crippen LogP contribution in [0.25, 0.3) is 53.3 Å². The molecule has 2 heterocycles. The first kappa shape index (κ1) is 48.2. The zero-order chi connectivity index (χ0) is 45.0. The van der Waals surface area contributed by atoms with Gasteiger partial charge in [0, 0.05) is 9.40 Å². The molecule has 7 heteroatoms. The van der Waals surface area contributed by atoms with Crippen molar-refractivity contribution in [2.45, 2.75) is 41.5 Å². The number of rotatable bonds is 6.